The van der Waals surface area contributed by atoms with E-state index in [0.717, 1.165) is 43.9 Å². The van der Waals surface area contributed by atoms with E-state index in [4.69, 9.17) is 9.78 Å². The van der Waals surface area contributed by atoms with Crippen LogP contribution < -0.4 is 0 Å². The molecule has 0 unspecified atom stereocenters. The van der Waals surface area contributed by atoms with E-state index in [0.29, 0.717) is 11.8 Å². The van der Waals surface area contributed by atoms with E-state index in [1.807, 2.05) is 25.1 Å². The third-order valence-corrected chi connectivity index (χ3v) is 3.96. The van der Waals surface area contributed by atoms with Crippen LogP contribution in [0.15, 0.2) is 28.8 Å². The van der Waals surface area contributed by atoms with E-state index in [1.54, 1.807) is 0 Å². The lowest BCUT2D eigenvalue weighted by molar-refractivity contribution is 0.200. The van der Waals surface area contributed by atoms with Crippen LogP contribution in [0, 0.1) is 18.3 Å². The minimum atomic E-state index is 0.407. The van der Waals surface area contributed by atoms with Gasteiger partial charge in [0.1, 0.15) is 0 Å². The van der Waals surface area contributed by atoms with Crippen LogP contribution in [-0.4, -0.2) is 28.1 Å². The highest BCUT2D eigenvalue weighted by molar-refractivity contribution is 5.32. The second-order valence-electron chi connectivity index (χ2n) is 5.53. The number of aromatic nitrogens is 2. The molecule has 1 aliphatic rings. The van der Waals surface area contributed by atoms with E-state index >= 15 is 0 Å². The quantitative estimate of drug-likeness (QED) is 0.865. The van der Waals surface area contributed by atoms with Crippen molar-refractivity contribution in [1.29, 1.82) is 5.26 Å². The minimum absolute atomic E-state index is 0.407. The van der Waals surface area contributed by atoms with Gasteiger partial charge in [-0.1, -0.05) is 17.3 Å². The SMILES string of the molecule is Cc1nc(C2CCN(Cc3cccc(C#N)c3)CC2)no1. The zero-order valence-electron chi connectivity index (χ0n) is 12.1. The lowest BCUT2D eigenvalue weighted by Gasteiger charge is -2.30. The number of aryl methyl sites for hydroxylation is 1. The number of likely N-dealkylation sites (tertiary alicyclic amines) is 1. The molecule has 108 valence electrons. The largest absolute Gasteiger partial charge is 0.340 e. The molecule has 0 N–H and O–H groups in total. The number of hydrogen-bond donors (Lipinski definition) is 0. The molecular formula is C16H18N4O. The van der Waals surface area contributed by atoms with E-state index in [-0.39, 0.29) is 0 Å². The van der Waals surface area contributed by atoms with Crippen LogP contribution in [0.4, 0.5) is 0 Å². The maximum absolute atomic E-state index is 8.94. The van der Waals surface area contributed by atoms with Gasteiger partial charge in [-0.15, -0.1) is 0 Å². The van der Waals surface area contributed by atoms with Crippen LogP contribution in [0.1, 0.15) is 41.6 Å². The topological polar surface area (TPSA) is 66.0 Å². The molecule has 0 bridgehead atoms. The van der Waals surface area contributed by atoms with Crippen LogP contribution in [0.3, 0.4) is 0 Å². The van der Waals surface area contributed by atoms with Crippen molar-refractivity contribution in [2.24, 2.45) is 0 Å². The van der Waals surface area contributed by atoms with Crippen molar-refractivity contribution >= 4 is 0 Å². The molecule has 5 heteroatoms. The van der Waals surface area contributed by atoms with Crippen LogP contribution in [0.5, 0.6) is 0 Å². The minimum Gasteiger partial charge on any atom is -0.340 e. The van der Waals surface area contributed by atoms with Crippen molar-refractivity contribution < 1.29 is 4.52 Å². The van der Waals surface area contributed by atoms with Crippen molar-refractivity contribution in [3.8, 4) is 6.07 Å². The molecule has 0 atom stereocenters. The fourth-order valence-electron chi connectivity index (χ4n) is 2.83. The zero-order valence-corrected chi connectivity index (χ0v) is 12.1. The molecule has 0 aliphatic carbocycles. The predicted molar refractivity (Wildman–Crippen MR) is 77.4 cm³/mol. The van der Waals surface area contributed by atoms with Crippen molar-refractivity contribution in [2.75, 3.05) is 13.1 Å². The van der Waals surface area contributed by atoms with Gasteiger partial charge in [0.05, 0.1) is 11.6 Å². The first kappa shape index (κ1) is 13.8. The third kappa shape index (κ3) is 3.29. The van der Waals surface area contributed by atoms with Crippen LogP contribution in [0.2, 0.25) is 0 Å². The van der Waals surface area contributed by atoms with Gasteiger partial charge in [-0.25, -0.2) is 0 Å². The Hall–Kier alpha value is -2.19. The molecule has 5 nitrogen and oxygen atoms in total. The van der Waals surface area contributed by atoms with E-state index in [1.165, 1.54) is 5.56 Å². The molecule has 0 amide bonds. The summed E-state index contributed by atoms with van der Waals surface area (Å²) in [4.78, 5) is 6.75. The van der Waals surface area contributed by atoms with Crippen LogP contribution in [-0.2, 0) is 6.54 Å². The van der Waals surface area contributed by atoms with Gasteiger partial charge >= 0.3 is 0 Å². The molecule has 1 aliphatic heterocycles. The first-order valence-corrected chi connectivity index (χ1v) is 7.26. The summed E-state index contributed by atoms with van der Waals surface area (Å²) in [5.74, 6) is 1.89. The van der Waals surface area contributed by atoms with Crippen molar-refractivity contribution in [3.63, 3.8) is 0 Å². The van der Waals surface area contributed by atoms with Crippen molar-refractivity contribution in [1.82, 2.24) is 15.0 Å². The van der Waals surface area contributed by atoms with Crippen molar-refractivity contribution in [3.05, 3.63) is 47.1 Å². The summed E-state index contributed by atoms with van der Waals surface area (Å²) in [6.45, 7) is 4.77. The van der Waals surface area contributed by atoms with E-state index < -0.39 is 0 Å². The highest BCUT2D eigenvalue weighted by Gasteiger charge is 2.24. The summed E-state index contributed by atoms with van der Waals surface area (Å²) in [6.07, 6.45) is 2.10. The maximum atomic E-state index is 8.94. The van der Waals surface area contributed by atoms with E-state index in [2.05, 4.69) is 27.2 Å². The maximum Gasteiger partial charge on any atom is 0.223 e. The van der Waals surface area contributed by atoms with Crippen LogP contribution >= 0.6 is 0 Å². The molecule has 1 saturated heterocycles. The fourth-order valence-corrected chi connectivity index (χ4v) is 2.83. The summed E-state index contributed by atoms with van der Waals surface area (Å²) >= 11 is 0. The predicted octanol–water partition coefficient (Wildman–Crippen LogP) is 2.63. The standard InChI is InChI=1S/C16H18N4O/c1-12-18-16(19-21-12)15-5-7-20(8-6-15)11-14-4-2-3-13(9-14)10-17/h2-4,9,15H,5-8,11H2,1H3. The molecule has 1 aromatic carbocycles. The average Bonchev–Trinajstić information content (AvgIpc) is 2.95. The Bertz CT molecular complexity index is 650. The molecule has 0 spiro atoms. The first-order chi connectivity index (χ1) is 10.2. The second-order valence-corrected chi connectivity index (χ2v) is 5.53. The Morgan fingerprint density at radius 2 is 2.19 bits per heavy atom. The lowest BCUT2D eigenvalue weighted by atomic mass is 9.96. The molecule has 0 radical (unpaired) electrons. The van der Waals surface area contributed by atoms with Crippen molar-refractivity contribution in [2.45, 2.75) is 32.2 Å². The molecule has 1 aromatic heterocycles. The summed E-state index contributed by atoms with van der Waals surface area (Å²) in [7, 11) is 0. The number of nitriles is 1. The van der Waals surface area contributed by atoms with Gasteiger partial charge in [0.2, 0.25) is 5.89 Å². The summed E-state index contributed by atoms with van der Waals surface area (Å²) < 4.78 is 5.06. The Balaban J connectivity index is 1.57. The first-order valence-electron chi connectivity index (χ1n) is 7.26. The second kappa shape index (κ2) is 6.06. The number of hydrogen-bond acceptors (Lipinski definition) is 5. The Labute approximate surface area is 124 Å². The Morgan fingerprint density at radius 1 is 1.38 bits per heavy atom. The Morgan fingerprint density at radius 3 is 2.86 bits per heavy atom. The van der Waals surface area contributed by atoms with Gasteiger partial charge < -0.3 is 4.52 Å². The molecule has 2 heterocycles. The van der Waals surface area contributed by atoms with Gasteiger partial charge in [0.25, 0.3) is 0 Å². The number of nitrogens with zero attached hydrogens (tertiary/aromatic N) is 4. The number of piperidine rings is 1. The lowest BCUT2D eigenvalue weighted by Crippen LogP contribution is -2.32. The molecule has 21 heavy (non-hydrogen) atoms. The van der Waals surface area contributed by atoms with Gasteiger partial charge in [-0.3, -0.25) is 4.90 Å². The molecule has 1 fully saturated rings. The number of rotatable bonds is 3. The van der Waals surface area contributed by atoms with E-state index in [9.17, 15) is 0 Å². The van der Waals surface area contributed by atoms with Gasteiger partial charge in [0, 0.05) is 19.4 Å². The van der Waals surface area contributed by atoms with Gasteiger partial charge in [-0.2, -0.15) is 10.2 Å². The molecular weight excluding hydrogens is 264 g/mol. The smallest absolute Gasteiger partial charge is 0.223 e. The van der Waals surface area contributed by atoms with Gasteiger partial charge in [0.15, 0.2) is 5.82 Å². The van der Waals surface area contributed by atoms with Crippen LogP contribution in [0.25, 0.3) is 0 Å². The molecule has 3 rings (SSSR count). The Kier molecular flexibility index (Phi) is 3.98. The fraction of sp³-hybridized carbons (Fsp3) is 0.438. The highest BCUT2D eigenvalue weighted by atomic mass is 16.5. The summed E-state index contributed by atoms with van der Waals surface area (Å²) in [6, 6.07) is 10.0. The average molecular weight is 282 g/mol. The normalized spacial score (nSPS) is 16.8. The monoisotopic (exact) mass is 282 g/mol. The zero-order chi connectivity index (χ0) is 14.7. The number of benzene rings is 1. The third-order valence-electron chi connectivity index (χ3n) is 3.96. The summed E-state index contributed by atoms with van der Waals surface area (Å²) in [5, 5.41) is 13.0. The van der Waals surface area contributed by atoms with Gasteiger partial charge in [-0.05, 0) is 43.6 Å². The highest BCUT2D eigenvalue weighted by Crippen LogP contribution is 2.26. The summed E-state index contributed by atoms with van der Waals surface area (Å²) in [5.41, 5.74) is 1.92. The molecule has 0 saturated carbocycles. The molecule has 2 aromatic rings.